The summed E-state index contributed by atoms with van der Waals surface area (Å²) >= 11 is 0. The Bertz CT molecular complexity index is 675. The number of rotatable bonds is 5. The number of anilines is 1. The molecule has 1 saturated heterocycles. The van der Waals surface area contributed by atoms with Crippen molar-refractivity contribution in [1.82, 2.24) is 9.88 Å². The van der Waals surface area contributed by atoms with Crippen molar-refractivity contribution in [2.24, 2.45) is 0 Å². The predicted octanol–water partition coefficient (Wildman–Crippen LogP) is 2.61. The maximum atomic E-state index is 10.8. The molecule has 0 saturated carbocycles. The predicted molar refractivity (Wildman–Crippen MR) is 100 cm³/mol. The quantitative estimate of drug-likeness (QED) is 0.906. The van der Waals surface area contributed by atoms with Gasteiger partial charge < -0.3 is 14.7 Å². The Balaban J connectivity index is 1.59. The van der Waals surface area contributed by atoms with E-state index in [9.17, 15) is 5.11 Å². The summed E-state index contributed by atoms with van der Waals surface area (Å²) in [6.45, 7) is 9.76. The third kappa shape index (κ3) is 4.11. The molecule has 0 aliphatic carbocycles. The largest absolute Gasteiger partial charge is 0.488 e. The van der Waals surface area contributed by atoms with Gasteiger partial charge in [-0.05, 0) is 44.0 Å². The van der Waals surface area contributed by atoms with Gasteiger partial charge in [0.1, 0.15) is 18.1 Å². The minimum atomic E-state index is -0.997. The first kappa shape index (κ1) is 17.7. The molecule has 134 valence electrons. The van der Waals surface area contributed by atoms with E-state index < -0.39 is 5.72 Å². The first-order valence-electron chi connectivity index (χ1n) is 8.79. The van der Waals surface area contributed by atoms with Gasteiger partial charge in [-0.1, -0.05) is 18.2 Å². The lowest BCUT2D eigenvalue weighted by Gasteiger charge is -2.43. The van der Waals surface area contributed by atoms with E-state index in [1.54, 1.807) is 12.4 Å². The highest BCUT2D eigenvalue weighted by Crippen LogP contribution is 2.27. The van der Waals surface area contributed by atoms with Crippen LogP contribution in [0.4, 0.5) is 5.69 Å². The van der Waals surface area contributed by atoms with E-state index in [-0.39, 0.29) is 6.61 Å². The van der Waals surface area contributed by atoms with Gasteiger partial charge in [0.05, 0.1) is 6.20 Å². The van der Waals surface area contributed by atoms with E-state index in [0.29, 0.717) is 5.75 Å². The highest BCUT2D eigenvalue weighted by atomic mass is 16.5. The standard InChI is InChI=1S/C20H27N3O2/c1-16-6-4-7-17(2)19(16)22-10-12-23(13-11-22)20(3,24)15-25-18-8-5-9-21-14-18/h4-9,14,24H,10-13,15H2,1-3H3. The van der Waals surface area contributed by atoms with Crippen LogP contribution in [-0.4, -0.2) is 53.5 Å². The number of ether oxygens (including phenoxy) is 1. The highest BCUT2D eigenvalue weighted by molar-refractivity contribution is 5.59. The summed E-state index contributed by atoms with van der Waals surface area (Å²) in [6.07, 6.45) is 3.37. The van der Waals surface area contributed by atoms with Crippen molar-refractivity contribution in [3.63, 3.8) is 0 Å². The monoisotopic (exact) mass is 341 g/mol. The lowest BCUT2D eigenvalue weighted by Crippen LogP contribution is -2.58. The first-order valence-corrected chi connectivity index (χ1v) is 8.79. The van der Waals surface area contributed by atoms with Gasteiger partial charge in [0, 0.05) is 38.1 Å². The van der Waals surface area contributed by atoms with Gasteiger partial charge in [-0.2, -0.15) is 0 Å². The Kier molecular flexibility index (Phi) is 5.25. The number of piperazine rings is 1. The molecule has 5 nitrogen and oxygen atoms in total. The lowest BCUT2D eigenvalue weighted by atomic mass is 10.1. The van der Waals surface area contributed by atoms with E-state index in [1.165, 1.54) is 16.8 Å². The molecule has 1 aromatic heterocycles. The van der Waals surface area contributed by atoms with Gasteiger partial charge in [-0.25, -0.2) is 0 Å². The third-order valence-corrected chi connectivity index (χ3v) is 4.86. The summed E-state index contributed by atoms with van der Waals surface area (Å²) in [5, 5.41) is 10.8. The lowest BCUT2D eigenvalue weighted by molar-refractivity contribution is -0.120. The molecule has 0 bridgehead atoms. The minimum absolute atomic E-state index is 0.224. The normalized spacial score (nSPS) is 18.0. The summed E-state index contributed by atoms with van der Waals surface area (Å²) < 4.78 is 5.71. The number of aryl methyl sites for hydroxylation is 2. The molecular formula is C20H27N3O2. The number of aliphatic hydroxyl groups is 1. The molecule has 2 heterocycles. The molecule has 5 heteroatoms. The molecule has 1 aliphatic heterocycles. The molecule has 0 amide bonds. The van der Waals surface area contributed by atoms with Crippen molar-refractivity contribution < 1.29 is 9.84 Å². The Hall–Kier alpha value is -2.11. The van der Waals surface area contributed by atoms with E-state index in [1.807, 2.05) is 19.1 Å². The van der Waals surface area contributed by atoms with Crippen LogP contribution in [-0.2, 0) is 0 Å². The zero-order valence-electron chi connectivity index (χ0n) is 15.3. The number of benzene rings is 1. The number of hydrogen-bond acceptors (Lipinski definition) is 5. The van der Waals surface area contributed by atoms with E-state index >= 15 is 0 Å². The first-order chi connectivity index (χ1) is 12.0. The van der Waals surface area contributed by atoms with Crippen LogP contribution in [0.15, 0.2) is 42.7 Å². The van der Waals surface area contributed by atoms with Crippen LogP contribution >= 0.6 is 0 Å². The smallest absolute Gasteiger partial charge is 0.150 e. The van der Waals surface area contributed by atoms with Crippen molar-refractivity contribution in [3.05, 3.63) is 53.9 Å². The molecular weight excluding hydrogens is 314 g/mol. The van der Waals surface area contributed by atoms with Crippen LogP contribution in [0, 0.1) is 13.8 Å². The number of hydrogen-bond donors (Lipinski definition) is 1. The van der Waals surface area contributed by atoms with Crippen LogP contribution in [0.2, 0.25) is 0 Å². The highest BCUT2D eigenvalue weighted by Gasteiger charge is 2.33. The fraction of sp³-hybridized carbons (Fsp3) is 0.450. The SMILES string of the molecule is Cc1cccc(C)c1N1CCN(C(C)(O)COc2cccnc2)CC1. The molecule has 1 aromatic carbocycles. The van der Waals surface area contributed by atoms with Gasteiger partial charge in [0.2, 0.25) is 0 Å². The molecule has 25 heavy (non-hydrogen) atoms. The van der Waals surface area contributed by atoms with E-state index in [4.69, 9.17) is 4.74 Å². The summed E-state index contributed by atoms with van der Waals surface area (Å²) in [5.41, 5.74) is 2.94. The molecule has 1 unspecified atom stereocenters. The Morgan fingerprint density at radius 2 is 1.76 bits per heavy atom. The number of aromatic nitrogens is 1. The average Bonchev–Trinajstić information content (AvgIpc) is 2.61. The maximum Gasteiger partial charge on any atom is 0.150 e. The van der Waals surface area contributed by atoms with Crippen molar-refractivity contribution in [1.29, 1.82) is 0 Å². The van der Waals surface area contributed by atoms with Gasteiger partial charge in [0.25, 0.3) is 0 Å². The fourth-order valence-electron chi connectivity index (χ4n) is 3.46. The third-order valence-electron chi connectivity index (χ3n) is 4.86. The second-order valence-corrected chi connectivity index (χ2v) is 6.91. The molecule has 1 N–H and O–H groups in total. The molecule has 0 radical (unpaired) electrons. The summed E-state index contributed by atoms with van der Waals surface area (Å²) in [7, 11) is 0. The number of nitrogens with zero attached hydrogens (tertiary/aromatic N) is 3. The number of pyridine rings is 1. The summed E-state index contributed by atoms with van der Waals surface area (Å²) in [5.74, 6) is 0.678. The van der Waals surface area contributed by atoms with Crippen molar-refractivity contribution >= 4 is 5.69 Å². The molecule has 0 spiro atoms. The second kappa shape index (κ2) is 7.42. The van der Waals surface area contributed by atoms with Crippen molar-refractivity contribution in [2.75, 3.05) is 37.7 Å². The van der Waals surface area contributed by atoms with Crippen molar-refractivity contribution in [3.8, 4) is 5.75 Å². The molecule has 2 aromatic rings. The van der Waals surface area contributed by atoms with Gasteiger partial charge in [-0.3, -0.25) is 9.88 Å². The van der Waals surface area contributed by atoms with Gasteiger partial charge >= 0.3 is 0 Å². The molecule has 1 atom stereocenters. The Morgan fingerprint density at radius 3 is 2.36 bits per heavy atom. The fourth-order valence-corrected chi connectivity index (χ4v) is 3.46. The molecule has 1 aliphatic rings. The van der Waals surface area contributed by atoms with Gasteiger partial charge in [0.15, 0.2) is 0 Å². The minimum Gasteiger partial charge on any atom is -0.488 e. The topological polar surface area (TPSA) is 48.8 Å². The van der Waals surface area contributed by atoms with Crippen LogP contribution in [0.1, 0.15) is 18.1 Å². The van der Waals surface area contributed by atoms with Crippen LogP contribution < -0.4 is 9.64 Å². The van der Waals surface area contributed by atoms with Crippen LogP contribution in [0.5, 0.6) is 5.75 Å². The van der Waals surface area contributed by atoms with Crippen LogP contribution in [0.3, 0.4) is 0 Å². The zero-order chi connectivity index (χ0) is 17.9. The maximum absolute atomic E-state index is 10.8. The Labute approximate surface area is 149 Å². The summed E-state index contributed by atoms with van der Waals surface area (Å²) in [4.78, 5) is 8.54. The zero-order valence-corrected chi connectivity index (χ0v) is 15.3. The summed E-state index contributed by atoms with van der Waals surface area (Å²) in [6, 6.07) is 10.1. The van der Waals surface area contributed by atoms with Crippen LogP contribution in [0.25, 0.3) is 0 Å². The van der Waals surface area contributed by atoms with Gasteiger partial charge in [-0.15, -0.1) is 0 Å². The number of para-hydroxylation sites is 1. The average molecular weight is 341 g/mol. The Morgan fingerprint density at radius 1 is 1.08 bits per heavy atom. The second-order valence-electron chi connectivity index (χ2n) is 6.91. The van der Waals surface area contributed by atoms with E-state index in [2.05, 4.69) is 46.8 Å². The van der Waals surface area contributed by atoms with Crippen molar-refractivity contribution in [2.45, 2.75) is 26.5 Å². The molecule has 3 rings (SSSR count). The molecule has 1 fully saturated rings. The van der Waals surface area contributed by atoms with E-state index in [0.717, 1.165) is 26.2 Å².